The lowest BCUT2D eigenvalue weighted by Crippen LogP contribution is -2.35. The van der Waals surface area contributed by atoms with Gasteiger partial charge in [-0.05, 0) is 18.2 Å². The van der Waals surface area contributed by atoms with E-state index in [4.69, 9.17) is 10.00 Å². The molecular formula is C13H12N2O3S. The molecule has 2 rings (SSSR count). The maximum absolute atomic E-state index is 11.9. The van der Waals surface area contributed by atoms with E-state index in [0.29, 0.717) is 17.0 Å². The van der Waals surface area contributed by atoms with Crippen LogP contribution in [0.3, 0.4) is 0 Å². The topological polar surface area (TPSA) is 70.4 Å². The number of nitriles is 1. The number of amides is 1. The molecule has 19 heavy (non-hydrogen) atoms. The van der Waals surface area contributed by atoms with Crippen molar-refractivity contribution in [2.24, 2.45) is 0 Å². The van der Waals surface area contributed by atoms with E-state index in [1.807, 2.05) is 6.07 Å². The number of ether oxygens (including phenoxy) is 1. The number of ketones is 1. The van der Waals surface area contributed by atoms with E-state index in [2.05, 4.69) is 0 Å². The van der Waals surface area contributed by atoms with Gasteiger partial charge in [-0.2, -0.15) is 5.26 Å². The molecule has 1 heterocycles. The van der Waals surface area contributed by atoms with Crippen molar-refractivity contribution in [1.29, 1.82) is 5.26 Å². The normalized spacial score (nSPS) is 13.5. The van der Waals surface area contributed by atoms with Gasteiger partial charge in [-0.15, -0.1) is 11.8 Å². The second-order valence-corrected chi connectivity index (χ2v) is 4.98. The summed E-state index contributed by atoms with van der Waals surface area (Å²) in [6.07, 6.45) is 0. The molecule has 1 aromatic rings. The molecule has 0 fully saturated rings. The minimum Gasteiger partial charge on any atom is -0.482 e. The SMILES string of the molecule is CN1C(=O)COc2ccc(C(=O)CSCC#N)cc21. The predicted octanol–water partition coefficient (Wildman–Crippen LogP) is 1.48. The standard InChI is InChI=1S/C13H12N2O3S/c1-15-10-6-9(11(16)8-19-5-4-14)2-3-12(10)18-7-13(15)17/h2-3,6H,5,7-8H2,1H3. The first-order valence-corrected chi connectivity index (χ1v) is 6.80. The maximum atomic E-state index is 11.9. The van der Waals surface area contributed by atoms with Gasteiger partial charge in [0, 0.05) is 12.6 Å². The number of nitrogens with zero attached hydrogens (tertiary/aromatic N) is 2. The van der Waals surface area contributed by atoms with Gasteiger partial charge in [0.1, 0.15) is 5.75 Å². The van der Waals surface area contributed by atoms with Crippen LogP contribution in [0.5, 0.6) is 5.75 Å². The molecule has 0 radical (unpaired) electrons. The average Bonchev–Trinajstić information content (AvgIpc) is 2.43. The van der Waals surface area contributed by atoms with Crippen molar-refractivity contribution in [2.45, 2.75) is 0 Å². The first-order chi connectivity index (χ1) is 9.13. The number of benzene rings is 1. The Bertz CT molecular complexity index is 565. The molecule has 0 aromatic heterocycles. The van der Waals surface area contributed by atoms with Crippen LogP contribution in [0.4, 0.5) is 5.69 Å². The molecule has 1 aliphatic heterocycles. The zero-order valence-electron chi connectivity index (χ0n) is 10.4. The van der Waals surface area contributed by atoms with Crippen LogP contribution >= 0.6 is 11.8 Å². The number of rotatable bonds is 4. The molecule has 0 unspecified atom stereocenters. The fraction of sp³-hybridized carbons (Fsp3) is 0.308. The number of hydrogen-bond acceptors (Lipinski definition) is 5. The van der Waals surface area contributed by atoms with E-state index >= 15 is 0 Å². The molecule has 0 spiro atoms. The van der Waals surface area contributed by atoms with Crippen molar-refractivity contribution in [3.63, 3.8) is 0 Å². The highest BCUT2D eigenvalue weighted by molar-refractivity contribution is 8.00. The lowest BCUT2D eigenvalue weighted by Gasteiger charge is -2.26. The van der Waals surface area contributed by atoms with Gasteiger partial charge < -0.3 is 9.64 Å². The van der Waals surface area contributed by atoms with Crippen LogP contribution in [0.2, 0.25) is 0 Å². The molecule has 0 atom stereocenters. The predicted molar refractivity (Wildman–Crippen MR) is 72.6 cm³/mol. The van der Waals surface area contributed by atoms with E-state index in [0.717, 1.165) is 0 Å². The number of fused-ring (bicyclic) bond motifs is 1. The van der Waals surface area contributed by atoms with Crippen LogP contribution in [0, 0.1) is 11.3 Å². The van der Waals surface area contributed by atoms with Crippen molar-refractivity contribution in [3.8, 4) is 11.8 Å². The molecule has 0 bridgehead atoms. The number of anilines is 1. The number of carbonyl (C=O) groups excluding carboxylic acids is 2. The lowest BCUT2D eigenvalue weighted by atomic mass is 10.1. The van der Waals surface area contributed by atoms with Gasteiger partial charge in [0.15, 0.2) is 12.4 Å². The molecule has 0 saturated heterocycles. The summed E-state index contributed by atoms with van der Waals surface area (Å²) in [5, 5.41) is 8.43. The third-order valence-electron chi connectivity index (χ3n) is 2.77. The Morgan fingerprint density at radius 3 is 3.11 bits per heavy atom. The van der Waals surface area contributed by atoms with Crippen LogP contribution in [0.1, 0.15) is 10.4 Å². The summed E-state index contributed by atoms with van der Waals surface area (Å²) in [4.78, 5) is 24.9. The summed E-state index contributed by atoms with van der Waals surface area (Å²) in [7, 11) is 1.66. The van der Waals surface area contributed by atoms with E-state index < -0.39 is 0 Å². The second-order valence-electron chi connectivity index (χ2n) is 4.00. The molecule has 1 amide bonds. The van der Waals surface area contributed by atoms with Gasteiger partial charge in [-0.1, -0.05) is 0 Å². The Hall–Kier alpha value is -2.00. The summed E-state index contributed by atoms with van der Waals surface area (Å²) in [5.41, 5.74) is 1.13. The first kappa shape index (κ1) is 13.4. The molecule has 6 heteroatoms. The number of Topliss-reactive ketones (excluding diaryl/α,β-unsaturated/α-hetero) is 1. The second kappa shape index (κ2) is 5.76. The third-order valence-corrected chi connectivity index (χ3v) is 3.57. The van der Waals surface area contributed by atoms with E-state index in [1.54, 1.807) is 25.2 Å². The van der Waals surface area contributed by atoms with E-state index in [-0.39, 0.29) is 29.8 Å². The first-order valence-electron chi connectivity index (χ1n) is 5.65. The highest BCUT2D eigenvalue weighted by atomic mass is 32.2. The van der Waals surface area contributed by atoms with Gasteiger partial charge in [0.2, 0.25) is 0 Å². The highest BCUT2D eigenvalue weighted by Crippen LogP contribution is 2.32. The minimum absolute atomic E-state index is 0.0226. The van der Waals surface area contributed by atoms with Gasteiger partial charge in [0.05, 0.1) is 23.3 Å². The Balaban J connectivity index is 2.18. The molecule has 0 saturated carbocycles. The van der Waals surface area contributed by atoms with Gasteiger partial charge in [0.25, 0.3) is 5.91 Å². The van der Waals surface area contributed by atoms with E-state index in [9.17, 15) is 9.59 Å². The highest BCUT2D eigenvalue weighted by Gasteiger charge is 2.23. The molecule has 0 N–H and O–H groups in total. The molecular weight excluding hydrogens is 264 g/mol. The zero-order valence-corrected chi connectivity index (χ0v) is 11.2. The number of hydrogen-bond donors (Lipinski definition) is 0. The van der Waals surface area contributed by atoms with Gasteiger partial charge in [-0.25, -0.2) is 0 Å². The van der Waals surface area contributed by atoms with Crippen LogP contribution in [-0.2, 0) is 4.79 Å². The zero-order chi connectivity index (χ0) is 13.8. The van der Waals surface area contributed by atoms with Crippen LogP contribution in [-0.4, -0.2) is 36.9 Å². The average molecular weight is 276 g/mol. The molecule has 98 valence electrons. The number of likely N-dealkylation sites (N-methyl/N-ethyl adjacent to an activating group) is 1. The quantitative estimate of drug-likeness (QED) is 0.615. The fourth-order valence-electron chi connectivity index (χ4n) is 1.72. The molecule has 1 aliphatic rings. The minimum atomic E-state index is -0.143. The molecule has 1 aromatic carbocycles. The van der Waals surface area contributed by atoms with Crippen LogP contribution < -0.4 is 9.64 Å². The summed E-state index contributed by atoms with van der Waals surface area (Å²) in [5.74, 6) is 0.942. The van der Waals surface area contributed by atoms with Crippen molar-refractivity contribution >= 4 is 29.1 Å². The summed E-state index contributed by atoms with van der Waals surface area (Å²) >= 11 is 1.27. The fourth-order valence-corrected chi connectivity index (χ4v) is 2.26. The summed E-state index contributed by atoms with van der Waals surface area (Å²) in [6.45, 7) is 0.0226. The van der Waals surface area contributed by atoms with E-state index in [1.165, 1.54) is 16.7 Å². The Morgan fingerprint density at radius 2 is 2.37 bits per heavy atom. The number of carbonyl (C=O) groups is 2. The molecule has 0 aliphatic carbocycles. The Kier molecular flexibility index (Phi) is 4.07. The monoisotopic (exact) mass is 276 g/mol. The van der Waals surface area contributed by atoms with Crippen molar-refractivity contribution < 1.29 is 14.3 Å². The van der Waals surface area contributed by atoms with Crippen molar-refractivity contribution in [1.82, 2.24) is 0 Å². The lowest BCUT2D eigenvalue weighted by molar-refractivity contribution is -0.120. The molecule has 5 nitrogen and oxygen atoms in total. The van der Waals surface area contributed by atoms with Crippen LogP contribution in [0.15, 0.2) is 18.2 Å². The largest absolute Gasteiger partial charge is 0.482 e. The Morgan fingerprint density at radius 1 is 1.58 bits per heavy atom. The Labute approximate surface area is 115 Å². The third kappa shape index (κ3) is 2.88. The number of thioether (sulfide) groups is 1. The van der Waals surface area contributed by atoms with Crippen molar-refractivity contribution in [2.75, 3.05) is 30.1 Å². The van der Waals surface area contributed by atoms with Gasteiger partial charge in [-0.3, -0.25) is 9.59 Å². The van der Waals surface area contributed by atoms with Crippen molar-refractivity contribution in [3.05, 3.63) is 23.8 Å². The summed E-state index contributed by atoms with van der Waals surface area (Å²) in [6, 6.07) is 7.00. The van der Waals surface area contributed by atoms with Gasteiger partial charge >= 0.3 is 0 Å². The summed E-state index contributed by atoms with van der Waals surface area (Å²) < 4.78 is 5.29. The smallest absolute Gasteiger partial charge is 0.264 e. The maximum Gasteiger partial charge on any atom is 0.264 e. The van der Waals surface area contributed by atoms with Crippen LogP contribution in [0.25, 0.3) is 0 Å².